The fourth-order valence-corrected chi connectivity index (χ4v) is 2.93. The Morgan fingerprint density at radius 3 is 2.52 bits per heavy atom. The minimum absolute atomic E-state index is 0.00370. The zero-order chi connectivity index (χ0) is 21.0. The van der Waals surface area contributed by atoms with Crippen molar-refractivity contribution < 1.29 is 9.72 Å². The van der Waals surface area contributed by atoms with E-state index >= 15 is 0 Å². The number of nitrogens with one attached hydrogen (secondary N) is 1. The summed E-state index contributed by atoms with van der Waals surface area (Å²) in [6, 6.07) is 13.2. The van der Waals surface area contributed by atoms with Crippen molar-refractivity contribution in [1.82, 2.24) is 25.0 Å². The summed E-state index contributed by atoms with van der Waals surface area (Å²) < 4.78 is 1.65. The molecule has 1 heterocycles. The summed E-state index contributed by atoms with van der Waals surface area (Å²) in [5, 5.41) is 18.0. The number of rotatable bonds is 6. The van der Waals surface area contributed by atoms with Crippen LogP contribution >= 0.6 is 0 Å². The Bertz CT molecular complexity index is 988. The molecular weight excluding hydrogens is 372 g/mol. The first kappa shape index (κ1) is 20.0. The third kappa shape index (κ3) is 4.57. The highest BCUT2D eigenvalue weighted by Crippen LogP contribution is 2.24. The van der Waals surface area contributed by atoms with Crippen molar-refractivity contribution in [3.63, 3.8) is 0 Å². The third-order valence-corrected chi connectivity index (χ3v) is 4.88. The largest absolute Gasteiger partial charge is 0.331 e. The second-order valence-corrected chi connectivity index (χ2v) is 6.74. The Morgan fingerprint density at radius 2 is 1.90 bits per heavy atom. The van der Waals surface area contributed by atoms with Crippen molar-refractivity contribution >= 4 is 11.7 Å². The Morgan fingerprint density at radius 1 is 1.17 bits per heavy atom. The van der Waals surface area contributed by atoms with E-state index in [1.54, 1.807) is 30.2 Å². The number of carbonyl (C=O) groups is 1. The molecule has 2 aromatic carbocycles. The Kier molecular flexibility index (Phi) is 5.87. The van der Waals surface area contributed by atoms with Gasteiger partial charge in [-0.25, -0.2) is 14.5 Å². The van der Waals surface area contributed by atoms with Crippen LogP contribution in [0.15, 0.2) is 61.2 Å². The first-order valence-electron chi connectivity index (χ1n) is 9.09. The lowest BCUT2D eigenvalue weighted by Crippen LogP contribution is -2.39. The zero-order valence-electron chi connectivity index (χ0n) is 16.4. The lowest BCUT2D eigenvalue weighted by molar-refractivity contribution is -0.384. The highest BCUT2D eigenvalue weighted by molar-refractivity contribution is 5.75. The average molecular weight is 394 g/mol. The Labute approximate surface area is 168 Å². The first-order chi connectivity index (χ1) is 13.9. The average Bonchev–Trinajstić information content (AvgIpc) is 3.27. The predicted octanol–water partition coefficient (Wildman–Crippen LogP) is 3.64. The molecular formula is C20H22N6O3. The van der Waals surface area contributed by atoms with Gasteiger partial charge in [0.1, 0.15) is 12.7 Å². The number of carbonyl (C=O) groups excluding carboxylic acids is 1. The van der Waals surface area contributed by atoms with Gasteiger partial charge in [0.2, 0.25) is 0 Å². The second-order valence-electron chi connectivity index (χ2n) is 6.74. The van der Waals surface area contributed by atoms with E-state index in [1.165, 1.54) is 23.4 Å². The van der Waals surface area contributed by atoms with Gasteiger partial charge < -0.3 is 10.2 Å². The van der Waals surface area contributed by atoms with Gasteiger partial charge in [-0.3, -0.25) is 10.1 Å². The molecule has 0 aliphatic rings. The van der Waals surface area contributed by atoms with Gasteiger partial charge in [-0.15, -0.1) is 0 Å². The van der Waals surface area contributed by atoms with Crippen LogP contribution in [-0.2, 0) is 0 Å². The Balaban J connectivity index is 1.65. The number of non-ortho nitro benzene ring substituents is 1. The molecule has 2 atom stereocenters. The van der Waals surface area contributed by atoms with Crippen molar-refractivity contribution in [2.75, 3.05) is 7.05 Å². The number of nitro groups is 1. The maximum absolute atomic E-state index is 12.7. The van der Waals surface area contributed by atoms with Crippen molar-refractivity contribution in [1.29, 1.82) is 0 Å². The van der Waals surface area contributed by atoms with Crippen LogP contribution in [0.2, 0.25) is 0 Å². The van der Waals surface area contributed by atoms with Crippen LogP contribution in [0.4, 0.5) is 10.5 Å². The van der Waals surface area contributed by atoms with Gasteiger partial charge in [0.05, 0.1) is 22.7 Å². The normalized spacial score (nSPS) is 12.8. The molecule has 0 radical (unpaired) electrons. The fourth-order valence-electron chi connectivity index (χ4n) is 2.93. The summed E-state index contributed by atoms with van der Waals surface area (Å²) in [5.41, 5.74) is 2.52. The highest BCUT2D eigenvalue weighted by Gasteiger charge is 2.21. The number of nitro benzene ring substituents is 1. The van der Waals surface area contributed by atoms with Crippen LogP contribution in [0, 0.1) is 10.1 Å². The monoisotopic (exact) mass is 394 g/mol. The molecule has 3 rings (SSSR count). The summed E-state index contributed by atoms with van der Waals surface area (Å²) in [6.07, 6.45) is 3.08. The van der Waals surface area contributed by atoms with E-state index < -0.39 is 4.92 Å². The van der Waals surface area contributed by atoms with Gasteiger partial charge in [0, 0.05) is 19.2 Å². The lowest BCUT2D eigenvalue weighted by atomic mass is 10.1. The number of nitrogens with zero attached hydrogens (tertiary/aromatic N) is 5. The standard InChI is InChI=1S/C20H22N6O3/c1-14(16-7-9-18(10-8-16)25-13-21-12-22-25)23-20(27)24(3)15(2)17-5-4-6-19(11-17)26(28)29/h4-15H,1-3H3,(H,23,27)/t14-,15+/m1/s1. The predicted molar refractivity (Wildman–Crippen MR) is 108 cm³/mol. The van der Waals surface area contributed by atoms with Crippen LogP contribution < -0.4 is 5.32 Å². The van der Waals surface area contributed by atoms with E-state index in [-0.39, 0.29) is 23.8 Å². The van der Waals surface area contributed by atoms with E-state index in [9.17, 15) is 14.9 Å². The van der Waals surface area contributed by atoms with Crippen molar-refractivity contribution in [2.45, 2.75) is 25.9 Å². The zero-order valence-corrected chi connectivity index (χ0v) is 16.4. The number of hydrogen-bond acceptors (Lipinski definition) is 5. The summed E-state index contributed by atoms with van der Waals surface area (Å²) in [4.78, 5) is 28.7. The number of amides is 2. The Hall–Kier alpha value is -3.75. The molecule has 0 saturated carbocycles. The summed E-state index contributed by atoms with van der Waals surface area (Å²) in [7, 11) is 1.67. The molecule has 0 aliphatic carbocycles. The van der Waals surface area contributed by atoms with Crippen LogP contribution in [0.1, 0.15) is 37.1 Å². The molecule has 0 fully saturated rings. The smallest absolute Gasteiger partial charge is 0.318 e. The van der Waals surface area contributed by atoms with Gasteiger partial charge in [0.25, 0.3) is 5.69 Å². The van der Waals surface area contributed by atoms with E-state index in [0.29, 0.717) is 5.56 Å². The quantitative estimate of drug-likeness (QED) is 0.507. The molecule has 0 bridgehead atoms. The van der Waals surface area contributed by atoms with Crippen LogP contribution in [0.25, 0.3) is 5.69 Å². The van der Waals surface area contributed by atoms with Gasteiger partial charge in [-0.2, -0.15) is 5.10 Å². The number of urea groups is 1. The summed E-state index contributed by atoms with van der Waals surface area (Å²) in [5.74, 6) is 0. The maximum Gasteiger partial charge on any atom is 0.318 e. The van der Waals surface area contributed by atoms with E-state index in [0.717, 1.165) is 11.3 Å². The summed E-state index contributed by atoms with van der Waals surface area (Å²) >= 11 is 0. The minimum atomic E-state index is -0.443. The molecule has 9 nitrogen and oxygen atoms in total. The van der Waals surface area contributed by atoms with E-state index in [4.69, 9.17) is 0 Å². The van der Waals surface area contributed by atoms with Crippen molar-refractivity contribution in [3.8, 4) is 5.69 Å². The molecule has 0 spiro atoms. The lowest BCUT2D eigenvalue weighted by Gasteiger charge is -2.27. The second kappa shape index (κ2) is 8.51. The van der Waals surface area contributed by atoms with Gasteiger partial charge in [-0.05, 0) is 37.1 Å². The molecule has 0 saturated heterocycles. The van der Waals surface area contributed by atoms with Gasteiger partial charge in [0.15, 0.2) is 0 Å². The fraction of sp³-hybridized carbons (Fsp3) is 0.250. The van der Waals surface area contributed by atoms with Crippen LogP contribution in [0.5, 0.6) is 0 Å². The molecule has 2 amide bonds. The number of aromatic nitrogens is 3. The minimum Gasteiger partial charge on any atom is -0.331 e. The molecule has 1 aromatic heterocycles. The van der Waals surface area contributed by atoms with Gasteiger partial charge >= 0.3 is 6.03 Å². The molecule has 0 aliphatic heterocycles. The molecule has 150 valence electrons. The van der Waals surface area contributed by atoms with Crippen LogP contribution in [0.3, 0.4) is 0 Å². The SMILES string of the molecule is C[C@@H](NC(=O)N(C)[C@@H](C)c1cccc([N+](=O)[O-])c1)c1ccc(-n2cncn2)cc1. The maximum atomic E-state index is 12.7. The van der Waals surface area contributed by atoms with Gasteiger partial charge in [-0.1, -0.05) is 24.3 Å². The summed E-state index contributed by atoms with van der Waals surface area (Å²) in [6.45, 7) is 3.73. The third-order valence-electron chi connectivity index (χ3n) is 4.88. The molecule has 3 aromatic rings. The van der Waals surface area contributed by atoms with E-state index in [2.05, 4.69) is 15.4 Å². The van der Waals surface area contributed by atoms with Crippen molar-refractivity contribution in [2.24, 2.45) is 0 Å². The number of benzene rings is 2. The number of hydrogen-bond donors (Lipinski definition) is 1. The topological polar surface area (TPSA) is 106 Å². The van der Waals surface area contributed by atoms with Crippen LogP contribution in [-0.4, -0.2) is 37.7 Å². The first-order valence-corrected chi connectivity index (χ1v) is 9.09. The molecule has 0 unspecified atom stereocenters. The molecule has 1 N–H and O–H groups in total. The molecule has 9 heteroatoms. The highest BCUT2D eigenvalue weighted by atomic mass is 16.6. The molecule has 29 heavy (non-hydrogen) atoms. The van der Waals surface area contributed by atoms with Crippen molar-refractivity contribution in [3.05, 3.63) is 82.4 Å². The van der Waals surface area contributed by atoms with E-state index in [1.807, 2.05) is 38.1 Å².